The molecule has 3 N–H and O–H groups in total. The molecule has 2 heterocycles. The van der Waals surface area contributed by atoms with Crippen LogP contribution in [0, 0.1) is 5.41 Å². The molecule has 1 saturated heterocycles. The van der Waals surface area contributed by atoms with E-state index >= 15 is 0 Å². The lowest BCUT2D eigenvalue weighted by atomic mass is 9.77. The van der Waals surface area contributed by atoms with Crippen LogP contribution in [0.15, 0.2) is 59.4 Å². The molecule has 0 saturated carbocycles. The number of amides is 1. The maximum atomic E-state index is 14.6. The number of hydrogen-bond donors (Lipinski definition) is 2. The van der Waals surface area contributed by atoms with E-state index < -0.39 is 85.0 Å². The molecule has 282 valence electrons. The molecular formula is C35H35F9N4O4. The van der Waals surface area contributed by atoms with Crippen LogP contribution in [0.2, 0.25) is 0 Å². The number of fused-ring (bicyclic) bond motifs is 2. The number of nitrogens with two attached hydrogens (primary N) is 1. The van der Waals surface area contributed by atoms with Gasteiger partial charge in [0.25, 0.3) is 5.56 Å². The van der Waals surface area contributed by atoms with Gasteiger partial charge >= 0.3 is 24.5 Å². The lowest BCUT2D eigenvalue weighted by Crippen LogP contribution is -2.56. The minimum absolute atomic E-state index is 0.0603. The zero-order valence-corrected chi connectivity index (χ0v) is 28.1. The Morgan fingerprint density at radius 3 is 2.00 bits per heavy atom. The van der Waals surface area contributed by atoms with Gasteiger partial charge in [-0.05, 0) is 72.5 Å². The van der Waals surface area contributed by atoms with Crippen molar-refractivity contribution in [3.8, 4) is 11.1 Å². The highest BCUT2D eigenvalue weighted by atomic mass is 19.4. The topological polar surface area (TPSA) is 109 Å². The number of aryl methyl sites for hydroxylation is 2. The number of pyridine rings is 1. The van der Waals surface area contributed by atoms with Crippen molar-refractivity contribution in [3.05, 3.63) is 76.1 Å². The van der Waals surface area contributed by atoms with Crippen molar-refractivity contribution in [2.45, 2.75) is 44.2 Å². The molecule has 1 aromatic heterocycles. The molecule has 8 nitrogen and oxygen atoms in total. The van der Waals surface area contributed by atoms with Gasteiger partial charge in [-0.15, -0.1) is 0 Å². The Morgan fingerprint density at radius 1 is 0.885 bits per heavy atom. The Hall–Kier alpha value is -4.80. The normalized spacial score (nSPS) is 15.3. The van der Waals surface area contributed by atoms with Crippen molar-refractivity contribution in [3.63, 3.8) is 0 Å². The van der Waals surface area contributed by atoms with Gasteiger partial charge in [0.1, 0.15) is 5.41 Å². The molecule has 52 heavy (non-hydrogen) atoms. The van der Waals surface area contributed by atoms with Crippen molar-refractivity contribution in [2.75, 3.05) is 38.6 Å². The summed E-state index contributed by atoms with van der Waals surface area (Å²) in [7, 11) is 4.94. The van der Waals surface area contributed by atoms with Gasteiger partial charge in [0.05, 0.1) is 23.2 Å². The Kier molecular flexibility index (Phi) is 11.3. The van der Waals surface area contributed by atoms with E-state index in [4.69, 9.17) is 10.8 Å². The molecule has 0 radical (unpaired) electrons. The molecule has 1 fully saturated rings. The molecular weight excluding hydrogens is 711 g/mol. The largest absolute Gasteiger partial charge is 0.481 e. The van der Waals surface area contributed by atoms with Gasteiger partial charge in [0, 0.05) is 38.6 Å². The number of likely N-dealkylation sites (tertiary alicyclic amines) is 1. The third-order valence-electron chi connectivity index (χ3n) is 9.20. The number of carbonyl (C=O) groups is 2. The molecule has 0 bridgehead atoms. The van der Waals surface area contributed by atoms with Crippen LogP contribution in [0.25, 0.3) is 32.8 Å². The first-order chi connectivity index (χ1) is 24.0. The standard InChI is InChI=1S/C26H23F3N2O3.C9H12F6N2O/c1-30(2)16-11-12-21-20(14-16)24(26(27,28)29)23(25(34)31(21)3)19-9-5-7-17-15(10-13-22(32)33)6-4-8-18(17)19;10-8(11,12)5-17-3-1-7(2-4-17,6(16)18)9(13,14)15/h4-9,11-12,14H,10,13H2,1-3H3,(H,32,33);1-5H2,(H2,16,18). The molecule has 1 aliphatic rings. The molecule has 0 aliphatic carbocycles. The molecule has 0 spiro atoms. The van der Waals surface area contributed by atoms with Crippen molar-refractivity contribution in [2.24, 2.45) is 18.2 Å². The van der Waals surface area contributed by atoms with Crippen LogP contribution in [0.4, 0.5) is 45.2 Å². The maximum Gasteiger partial charge on any atom is 0.417 e. The first-order valence-electron chi connectivity index (χ1n) is 15.8. The van der Waals surface area contributed by atoms with E-state index in [1.165, 1.54) is 29.8 Å². The highest BCUT2D eigenvalue weighted by Crippen LogP contribution is 2.46. The van der Waals surface area contributed by atoms with Gasteiger partial charge in [-0.2, -0.15) is 39.5 Å². The van der Waals surface area contributed by atoms with E-state index in [9.17, 15) is 53.9 Å². The van der Waals surface area contributed by atoms with E-state index in [0.717, 1.165) is 4.90 Å². The van der Waals surface area contributed by atoms with Crippen molar-refractivity contribution >= 4 is 39.2 Å². The fraction of sp³-hybridized carbons (Fsp3) is 0.400. The van der Waals surface area contributed by atoms with Gasteiger partial charge < -0.3 is 20.3 Å². The third kappa shape index (κ3) is 8.29. The van der Waals surface area contributed by atoms with Crippen molar-refractivity contribution in [1.82, 2.24) is 9.47 Å². The summed E-state index contributed by atoms with van der Waals surface area (Å²) in [4.78, 5) is 38.0. The first-order valence-corrected chi connectivity index (χ1v) is 15.8. The van der Waals surface area contributed by atoms with Crippen LogP contribution < -0.4 is 16.2 Å². The zero-order chi connectivity index (χ0) is 39.0. The molecule has 0 atom stereocenters. The third-order valence-corrected chi connectivity index (χ3v) is 9.20. The van der Waals surface area contributed by atoms with Crippen LogP contribution in [-0.2, 0) is 29.2 Å². The maximum absolute atomic E-state index is 14.6. The summed E-state index contributed by atoms with van der Waals surface area (Å²) in [5, 5.41) is 10.1. The van der Waals surface area contributed by atoms with Gasteiger partial charge in [0.15, 0.2) is 0 Å². The number of rotatable bonds is 7. The number of aromatic nitrogens is 1. The summed E-state index contributed by atoms with van der Waals surface area (Å²) in [6.45, 7) is -2.19. The molecule has 1 aliphatic heterocycles. The Labute approximate surface area is 291 Å². The number of benzene rings is 3. The fourth-order valence-electron chi connectivity index (χ4n) is 6.43. The number of primary amides is 1. The summed E-state index contributed by atoms with van der Waals surface area (Å²) in [5.74, 6) is -2.49. The number of carbonyl (C=O) groups excluding carboxylic acids is 1. The minimum Gasteiger partial charge on any atom is -0.481 e. The van der Waals surface area contributed by atoms with E-state index in [1.54, 1.807) is 55.4 Å². The Balaban J connectivity index is 0.000000284. The predicted molar refractivity (Wildman–Crippen MR) is 177 cm³/mol. The van der Waals surface area contributed by atoms with E-state index in [0.29, 0.717) is 22.0 Å². The number of anilines is 1. The summed E-state index contributed by atoms with van der Waals surface area (Å²) >= 11 is 0. The molecule has 0 unspecified atom stereocenters. The van der Waals surface area contributed by atoms with Crippen LogP contribution in [0.3, 0.4) is 0 Å². The molecule has 4 aromatic rings. The number of carboxylic acids is 1. The van der Waals surface area contributed by atoms with Gasteiger partial charge in [-0.25, -0.2) is 0 Å². The van der Waals surface area contributed by atoms with Crippen LogP contribution in [0.5, 0.6) is 0 Å². The fourth-order valence-corrected chi connectivity index (χ4v) is 6.43. The number of halogens is 9. The molecule has 17 heteroatoms. The number of carboxylic acid groups (broad SMARTS) is 1. The monoisotopic (exact) mass is 746 g/mol. The predicted octanol–water partition coefficient (Wildman–Crippen LogP) is 7.14. The summed E-state index contributed by atoms with van der Waals surface area (Å²) in [6.07, 6.45) is -15.4. The lowest BCUT2D eigenvalue weighted by Gasteiger charge is -2.40. The molecule has 3 aromatic carbocycles. The average molecular weight is 747 g/mol. The Bertz CT molecular complexity index is 2030. The first kappa shape index (κ1) is 40.0. The Morgan fingerprint density at radius 2 is 1.48 bits per heavy atom. The summed E-state index contributed by atoms with van der Waals surface area (Å²) in [6, 6.07) is 14.6. The van der Waals surface area contributed by atoms with Crippen molar-refractivity contribution < 1.29 is 54.2 Å². The van der Waals surface area contributed by atoms with E-state index in [1.807, 2.05) is 0 Å². The van der Waals surface area contributed by atoms with E-state index in [2.05, 4.69) is 0 Å². The highest BCUT2D eigenvalue weighted by Gasteiger charge is 2.60. The second-order valence-corrected chi connectivity index (χ2v) is 12.8. The van der Waals surface area contributed by atoms with Crippen LogP contribution >= 0.6 is 0 Å². The molecule has 5 rings (SSSR count). The van der Waals surface area contributed by atoms with Gasteiger partial charge in [-0.3, -0.25) is 19.3 Å². The average Bonchev–Trinajstić information content (AvgIpc) is 3.03. The highest BCUT2D eigenvalue weighted by molar-refractivity contribution is 6.02. The second kappa shape index (κ2) is 14.7. The second-order valence-electron chi connectivity index (χ2n) is 12.8. The minimum atomic E-state index is -4.83. The van der Waals surface area contributed by atoms with Gasteiger partial charge in [0.2, 0.25) is 5.91 Å². The summed E-state index contributed by atoms with van der Waals surface area (Å²) in [5.41, 5.74) is 1.55. The van der Waals surface area contributed by atoms with Crippen LogP contribution in [-0.4, -0.2) is 72.5 Å². The summed E-state index contributed by atoms with van der Waals surface area (Å²) < 4.78 is 119. The van der Waals surface area contributed by atoms with Crippen LogP contribution in [0.1, 0.15) is 30.4 Å². The van der Waals surface area contributed by atoms with Crippen molar-refractivity contribution in [1.29, 1.82) is 0 Å². The number of piperidine rings is 1. The van der Waals surface area contributed by atoms with E-state index in [-0.39, 0.29) is 29.3 Å². The number of aliphatic carboxylic acids is 1. The quantitative estimate of drug-likeness (QED) is 0.195. The zero-order valence-electron chi connectivity index (χ0n) is 28.1. The lowest BCUT2D eigenvalue weighted by molar-refractivity contribution is -0.234. The van der Waals surface area contributed by atoms with Gasteiger partial charge in [-0.1, -0.05) is 36.4 Å². The number of alkyl halides is 9. The molecule has 1 amide bonds. The SMILES string of the molecule is CN(C)c1ccc2c(c1)c(C(F)(F)F)c(-c1cccc3c(CCC(=O)O)cccc13)c(=O)n2C.NC(=O)C1(C(F)(F)F)CCN(CC(F)(F)F)CC1. The number of hydrogen-bond acceptors (Lipinski definition) is 5. The smallest absolute Gasteiger partial charge is 0.417 e. The number of nitrogens with zero attached hydrogens (tertiary/aromatic N) is 3.